The molecule has 1 saturated carbocycles. The van der Waals surface area contributed by atoms with E-state index in [9.17, 15) is 9.90 Å². The van der Waals surface area contributed by atoms with Crippen LogP contribution in [0.3, 0.4) is 0 Å². The first kappa shape index (κ1) is 22.6. The quantitative estimate of drug-likeness (QED) is 0.598. The van der Waals surface area contributed by atoms with Crippen LogP contribution in [0.25, 0.3) is 10.9 Å². The molecule has 1 unspecified atom stereocenters. The third kappa shape index (κ3) is 5.65. The lowest BCUT2D eigenvalue weighted by Crippen LogP contribution is -2.51. The van der Waals surface area contributed by atoms with Crippen molar-refractivity contribution in [2.45, 2.75) is 57.6 Å². The Labute approximate surface area is 196 Å². The van der Waals surface area contributed by atoms with Gasteiger partial charge in [0.05, 0.1) is 18.5 Å². The van der Waals surface area contributed by atoms with Crippen LogP contribution in [-0.2, 0) is 11.2 Å². The fraction of sp³-hybridized carbons (Fsp3) is 0.615. The minimum absolute atomic E-state index is 0.00604. The highest BCUT2D eigenvalue weighted by Crippen LogP contribution is 2.28. The fourth-order valence-corrected chi connectivity index (χ4v) is 5.50. The molecule has 1 atom stereocenters. The number of aromatic nitrogens is 1. The average molecular weight is 453 g/mol. The Bertz CT molecular complexity index is 967. The second-order valence-corrected chi connectivity index (χ2v) is 9.89. The predicted molar refractivity (Wildman–Crippen MR) is 129 cm³/mol. The maximum atomic E-state index is 11.6. The number of ether oxygens (including phenoxy) is 1. The van der Waals surface area contributed by atoms with Crippen molar-refractivity contribution in [1.29, 1.82) is 0 Å². The molecule has 1 aliphatic carbocycles. The van der Waals surface area contributed by atoms with E-state index in [1.54, 1.807) is 0 Å². The number of nitrogens with zero attached hydrogens (tertiary/aromatic N) is 3. The highest BCUT2D eigenvalue weighted by atomic mass is 16.5. The van der Waals surface area contributed by atoms with Gasteiger partial charge in [-0.1, -0.05) is 19.3 Å². The maximum absolute atomic E-state index is 11.6. The van der Waals surface area contributed by atoms with Crippen molar-refractivity contribution in [2.75, 3.05) is 44.6 Å². The van der Waals surface area contributed by atoms with E-state index in [4.69, 9.17) is 4.74 Å². The van der Waals surface area contributed by atoms with Crippen molar-refractivity contribution in [3.05, 3.63) is 29.8 Å². The Balaban J connectivity index is 1.03. The van der Waals surface area contributed by atoms with Gasteiger partial charge >= 0.3 is 0 Å². The second-order valence-electron chi connectivity index (χ2n) is 9.89. The summed E-state index contributed by atoms with van der Waals surface area (Å²) in [6.45, 7) is 5.86. The number of amides is 1. The van der Waals surface area contributed by atoms with Gasteiger partial charge in [0, 0.05) is 43.7 Å². The summed E-state index contributed by atoms with van der Waals surface area (Å²) in [6, 6.07) is 7.84. The minimum Gasteiger partial charge on any atom is -0.494 e. The maximum Gasteiger partial charge on any atom is 0.230 e. The number of aliphatic hydroxyl groups excluding tert-OH is 1. The molecule has 3 aliphatic rings. The highest BCUT2D eigenvalue weighted by molar-refractivity contribution is 6.00. The Morgan fingerprint density at radius 2 is 1.94 bits per heavy atom. The molecule has 2 N–H and O–H groups in total. The smallest absolute Gasteiger partial charge is 0.230 e. The first-order chi connectivity index (χ1) is 16.1. The van der Waals surface area contributed by atoms with Crippen molar-refractivity contribution in [2.24, 2.45) is 5.92 Å². The van der Waals surface area contributed by atoms with Gasteiger partial charge in [-0.25, -0.2) is 4.98 Å². The van der Waals surface area contributed by atoms with Gasteiger partial charge in [-0.2, -0.15) is 0 Å². The van der Waals surface area contributed by atoms with Crippen LogP contribution in [0.4, 0.5) is 5.82 Å². The van der Waals surface area contributed by atoms with Gasteiger partial charge in [0.15, 0.2) is 0 Å². The molecule has 1 saturated heterocycles. The molecule has 7 nitrogen and oxygen atoms in total. The van der Waals surface area contributed by atoms with E-state index in [0.29, 0.717) is 18.8 Å². The topological polar surface area (TPSA) is 77.9 Å². The van der Waals surface area contributed by atoms with Crippen LogP contribution in [0, 0.1) is 5.92 Å². The SMILES string of the molecule is O=C1Cc2cc3cc(OCCCC(O)N4CCN(CC5CCCCC5)CC4)ccc3nc2N1. The summed E-state index contributed by atoms with van der Waals surface area (Å²) < 4.78 is 5.95. The number of pyridine rings is 1. The Morgan fingerprint density at radius 3 is 2.76 bits per heavy atom. The summed E-state index contributed by atoms with van der Waals surface area (Å²) in [5.41, 5.74) is 1.79. The Morgan fingerprint density at radius 1 is 1.12 bits per heavy atom. The molecule has 1 aromatic carbocycles. The number of carbonyl (C=O) groups is 1. The van der Waals surface area contributed by atoms with Crippen LogP contribution >= 0.6 is 0 Å². The third-order valence-electron chi connectivity index (χ3n) is 7.42. The van der Waals surface area contributed by atoms with Crippen molar-refractivity contribution in [3.63, 3.8) is 0 Å². The molecule has 1 amide bonds. The van der Waals surface area contributed by atoms with Gasteiger partial charge in [-0.3, -0.25) is 9.69 Å². The van der Waals surface area contributed by atoms with Gasteiger partial charge in [-0.05, 0) is 55.9 Å². The standard InChI is InChI=1S/C26H36N4O3/c31-24-17-21-15-20-16-22(8-9-23(20)27-26(21)28-24)33-14-4-7-25(32)30-12-10-29(11-13-30)18-19-5-2-1-3-6-19/h8-9,15-16,19,25,32H,1-7,10-14,17-18H2,(H,27,28,31). The van der Waals surface area contributed by atoms with Crippen molar-refractivity contribution < 1.29 is 14.6 Å². The molecular weight excluding hydrogens is 416 g/mol. The van der Waals surface area contributed by atoms with Crippen LogP contribution in [-0.4, -0.2) is 71.4 Å². The van der Waals surface area contributed by atoms with E-state index in [-0.39, 0.29) is 12.1 Å². The van der Waals surface area contributed by atoms with Crippen LogP contribution in [0.5, 0.6) is 5.75 Å². The van der Waals surface area contributed by atoms with Crippen molar-refractivity contribution in [1.82, 2.24) is 14.8 Å². The molecule has 2 fully saturated rings. The van der Waals surface area contributed by atoms with E-state index in [2.05, 4.69) is 20.1 Å². The monoisotopic (exact) mass is 452 g/mol. The van der Waals surface area contributed by atoms with Crippen LogP contribution in [0.15, 0.2) is 24.3 Å². The first-order valence-corrected chi connectivity index (χ1v) is 12.6. The molecule has 178 valence electrons. The first-order valence-electron chi connectivity index (χ1n) is 12.6. The van der Waals surface area contributed by atoms with Gasteiger partial charge < -0.3 is 20.1 Å². The lowest BCUT2D eigenvalue weighted by Gasteiger charge is -2.39. The molecule has 0 radical (unpaired) electrons. The number of anilines is 1. The molecular formula is C26H36N4O3. The number of rotatable bonds is 8. The van der Waals surface area contributed by atoms with E-state index >= 15 is 0 Å². The molecule has 1 aromatic heterocycles. The van der Waals surface area contributed by atoms with Gasteiger partial charge in [0.25, 0.3) is 0 Å². The summed E-state index contributed by atoms with van der Waals surface area (Å²) in [4.78, 5) is 20.9. The summed E-state index contributed by atoms with van der Waals surface area (Å²) in [6.07, 6.45) is 8.55. The zero-order chi connectivity index (χ0) is 22.6. The van der Waals surface area contributed by atoms with E-state index in [1.807, 2.05) is 24.3 Å². The summed E-state index contributed by atoms with van der Waals surface area (Å²) in [5.74, 6) is 2.35. The molecule has 33 heavy (non-hydrogen) atoms. The van der Waals surface area contributed by atoms with Crippen molar-refractivity contribution >= 4 is 22.6 Å². The van der Waals surface area contributed by atoms with Gasteiger partial charge in [0.1, 0.15) is 17.8 Å². The van der Waals surface area contributed by atoms with E-state index in [0.717, 1.165) is 67.2 Å². The second kappa shape index (κ2) is 10.4. The third-order valence-corrected chi connectivity index (χ3v) is 7.42. The Hall–Kier alpha value is -2.22. The zero-order valence-corrected chi connectivity index (χ0v) is 19.5. The zero-order valence-electron chi connectivity index (χ0n) is 19.5. The van der Waals surface area contributed by atoms with Gasteiger partial charge in [0.2, 0.25) is 5.91 Å². The summed E-state index contributed by atoms with van der Waals surface area (Å²) in [7, 11) is 0. The number of carbonyl (C=O) groups excluding carboxylic acids is 1. The minimum atomic E-state index is -0.390. The number of hydrogen-bond acceptors (Lipinski definition) is 6. The number of aliphatic hydroxyl groups is 1. The van der Waals surface area contributed by atoms with E-state index < -0.39 is 0 Å². The fourth-order valence-electron chi connectivity index (χ4n) is 5.50. The largest absolute Gasteiger partial charge is 0.494 e. The molecule has 0 spiro atoms. The van der Waals surface area contributed by atoms with Crippen LogP contribution in [0.1, 0.15) is 50.5 Å². The molecule has 2 aliphatic heterocycles. The van der Waals surface area contributed by atoms with Crippen LogP contribution in [0.2, 0.25) is 0 Å². The lowest BCUT2D eigenvalue weighted by molar-refractivity contribution is -0.115. The van der Waals surface area contributed by atoms with Crippen LogP contribution < -0.4 is 10.1 Å². The number of benzene rings is 1. The highest BCUT2D eigenvalue weighted by Gasteiger charge is 2.24. The normalized spacial score (nSPS) is 21.2. The summed E-state index contributed by atoms with van der Waals surface area (Å²) >= 11 is 0. The summed E-state index contributed by atoms with van der Waals surface area (Å²) in [5, 5.41) is 14.4. The van der Waals surface area contributed by atoms with E-state index in [1.165, 1.54) is 38.6 Å². The molecule has 7 heteroatoms. The molecule has 0 bridgehead atoms. The number of nitrogens with one attached hydrogen (secondary N) is 1. The number of hydrogen-bond donors (Lipinski definition) is 2. The van der Waals surface area contributed by atoms with Crippen molar-refractivity contribution in [3.8, 4) is 5.75 Å². The van der Waals surface area contributed by atoms with Gasteiger partial charge in [-0.15, -0.1) is 0 Å². The molecule has 2 aromatic rings. The molecule has 5 rings (SSSR count). The number of fused-ring (bicyclic) bond motifs is 2. The average Bonchev–Trinajstić information content (AvgIpc) is 3.20. The molecule has 3 heterocycles. The lowest BCUT2D eigenvalue weighted by atomic mass is 9.89. The Kier molecular flexibility index (Phi) is 7.09. The number of piperazine rings is 1. The predicted octanol–water partition coefficient (Wildman–Crippen LogP) is 3.40.